The van der Waals surface area contributed by atoms with Crippen LogP contribution in [0.3, 0.4) is 0 Å². The number of ether oxygens (including phenoxy) is 2. The minimum Gasteiger partial charge on any atom is -0.379 e. The Balaban J connectivity index is 0.000000257. The first kappa shape index (κ1) is 22.6. The molecule has 0 spiro atoms. The van der Waals surface area contributed by atoms with Gasteiger partial charge in [-0.15, -0.1) is 0 Å². The summed E-state index contributed by atoms with van der Waals surface area (Å²) in [6.07, 6.45) is 10.3. The Hall–Kier alpha value is -0.450. The van der Waals surface area contributed by atoms with Gasteiger partial charge in [0.15, 0.2) is 0 Å². The molecule has 148 valence electrons. The van der Waals surface area contributed by atoms with E-state index in [0.717, 1.165) is 45.8 Å². The van der Waals surface area contributed by atoms with Gasteiger partial charge in [0.2, 0.25) is 0 Å². The second-order valence-electron chi connectivity index (χ2n) is 7.60. The number of piperidine rings is 1. The van der Waals surface area contributed by atoms with Crippen LogP contribution >= 0.6 is 0 Å². The third kappa shape index (κ3) is 11.0. The van der Waals surface area contributed by atoms with Crippen molar-refractivity contribution in [3.05, 3.63) is 0 Å². The third-order valence-corrected chi connectivity index (χ3v) is 5.15. The Morgan fingerprint density at radius 3 is 2.12 bits per heavy atom. The molecule has 0 atom stereocenters. The molecule has 4 heteroatoms. The molecule has 2 aliphatic rings. The van der Waals surface area contributed by atoms with Gasteiger partial charge in [-0.25, -0.2) is 0 Å². The van der Waals surface area contributed by atoms with E-state index in [2.05, 4.69) is 4.90 Å². The van der Waals surface area contributed by atoms with Crippen LogP contribution in [0.15, 0.2) is 0 Å². The topological polar surface area (TPSA) is 38.8 Å². The molecule has 25 heavy (non-hydrogen) atoms. The summed E-state index contributed by atoms with van der Waals surface area (Å²) in [7, 11) is 0. The number of carbonyl (C=O) groups is 1. The Labute approximate surface area is 155 Å². The van der Waals surface area contributed by atoms with Crippen molar-refractivity contribution >= 4 is 5.78 Å². The molecule has 0 amide bonds. The fraction of sp³-hybridized carbons (Fsp3) is 0.952. The summed E-state index contributed by atoms with van der Waals surface area (Å²) in [4.78, 5) is 14.0. The molecule has 1 heterocycles. The maximum atomic E-state index is 11.5. The highest BCUT2D eigenvalue weighted by Crippen LogP contribution is 2.26. The molecule has 1 saturated heterocycles. The summed E-state index contributed by atoms with van der Waals surface area (Å²) in [5.74, 6) is 1.14. The lowest BCUT2D eigenvalue weighted by Gasteiger charge is -2.26. The van der Waals surface area contributed by atoms with E-state index in [9.17, 15) is 4.79 Å². The number of rotatable bonds is 9. The second kappa shape index (κ2) is 14.7. The molecule has 0 aromatic carbocycles. The summed E-state index contributed by atoms with van der Waals surface area (Å²) in [6, 6.07) is 0. The van der Waals surface area contributed by atoms with E-state index < -0.39 is 0 Å². The lowest BCUT2D eigenvalue weighted by atomic mass is 9.83. The number of carbonyl (C=O) groups excluding carboxylic acids is 1. The summed E-state index contributed by atoms with van der Waals surface area (Å²) < 4.78 is 10.7. The average Bonchev–Trinajstić information content (AvgIpc) is 2.66. The van der Waals surface area contributed by atoms with Crippen molar-refractivity contribution < 1.29 is 14.3 Å². The average molecular weight is 356 g/mol. The van der Waals surface area contributed by atoms with Crippen LogP contribution in [0.2, 0.25) is 0 Å². The number of ketones is 1. The molecule has 0 aromatic heterocycles. The predicted molar refractivity (Wildman–Crippen MR) is 104 cm³/mol. The first-order chi connectivity index (χ1) is 12.1. The molecule has 0 radical (unpaired) electrons. The van der Waals surface area contributed by atoms with Gasteiger partial charge in [-0.2, -0.15) is 0 Å². The quantitative estimate of drug-likeness (QED) is 0.578. The van der Waals surface area contributed by atoms with Crippen LogP contribution in [0.5, 0.6) is 0 Å². The Morgan fingerprint density at radius 1 is 0.920 bits per heavy atom. The highest BCUT2D eigenvalue weighted by molar-refractivity contribution is 5.82. The van der Waals surface area contributed by atoms with Crippen LogP contribution in [0.1, 0.15) is 72.1 Å². The number of likely N-dealkylation sites (tertiary alicyclic amines) is 1. The molecule has 0 aromatic rings. The Kier molecular flexibility index (Phi) is 13.3. The van der Waals surface area contributed by atoms with Crippen LogP contribution in [-0.4, -0.2) is 56.7 Å². The zero-order chi connectivity index (χ0) is 18.3. The largest absolute Gasteiger partial charge is 0.379 e. The van der Waals surface area contributed by atoms with Crippen molar-refractivity contribution in [3.8, 4) is 0 Å². The van der Waals surface area contributed by atoms with Crippen LogP contribution in [-0.2, 0) is 14.3 Å². The molecule has 2 rings (SSSR count). The van der Waals surface area contributed by atoms with Gasteiger partial charge in [-0.05, 0) is 45.7 Å². The molecule has 1 aliphatic heterocycles. The maximum absolute atomic E-state index is 11.5. The molecule has 0 N–H and O–H groups in total. The SMILES string of the molecule is CC(C)C(=O)C1CCCCC1.CCOCCOCCN1CCCCC1. The van der Waals surface area contributed by atoms with Crippen molar-refractivity contribution in [2.45, 2.75) is 72.1 Å². The fourth-order valence-corrected chi connectivity index (χ4v) is 3.60. The van der Waals surface area contributed by atoms with Gasteiger partial charge < -0.3 is 14.4 Å². The molecule has 1 aliphatic carbocycles. The van der Waals surface area contributed by atoms with Crippen LogP contribution in [0.4, 0.5) is 0 Å². The van der Waals surface area contributed by atoms with E-state index in [1.165, 1.54) is 51.6 Å². The summed E-state index contributed by atoms with van der Waals surface area (Å²) in [5.41, 5.74) is 0. The summed E-state index contributed by atoms with van der Waals surface area (Å²) >= 11 is 0. The summed E-state index contributed by atoms with van der Waals surface area (Å²) in [5, 5.41) is 0. The van der Waals surface area contributed by atoms with Gasteiger partial charge >= 0.3 is 0 Å². The zero-order valence-electron chi connectivity index (χ0n) is 16.9. The van der Waals surface area contributed by atoms with Gasteiger partial charge in [0, 0.05) is 25.0 Å². The van der Waals surface area contributed by atoms with Crippen molar-refractivity contribution in [1.29, 1.82) is 0 Å². The number of nitrogens with zero attached hydrogens (tertiary/aromatic N) is 1. The van der Waals surface area contributed by atoms with E-state index >= 15 is 0 Å². The lowest BCUT2D eigenvalue weighted by molar-refractivity contribution is -0.126. The molecular weight excluding hydrogens is 314 g/mol. The van der Waals surface area contributed by atoms with Gasteiger partial charge in [0.25, 0.3) is 0 Å². The van der Waals surface area contributed by atoms with Crippen molar-refractivity contribution in [3.63, 3.8) is 0 Å². The summed E-state index contributed by atoms with van der Waals surface area (Å²) in [6.45, 7) is 12.7. The van der Waals surface area contributed by atoms with Crippen LogP contribution < -0.4 is 0 Å². The smallest absolute Gasteiger partial charge is 0.138 e. The van der Waals surface area contributed by atoms with Crippen LogP contribution in [0.25, 0.3) is 0 Å². The highest BCUT2D eigenvalue weighted by Gasteiger charge is 2.22. The van der Waals surface area contributed by atoms with Crippen LogP contribution in [0, 0.1) is 11.8 Å². The molecule has 0 bridgehead atoms. The normalized spacial score (nSPS) is 19.5. The Bertz CT molecular complexity index is 321. The van der Waals surface area contributed by atoms with E-state index in [1.807, 2.05) is 20.8 Å². The second-order valence-corrected chi connectivity index (χ2v) is 7.60. The van der Waals surface area contributed by atoms with Crippen molar-refractivity contribution in [2.75, 3.05) is 46.1 Å². The number of hydrogen-bond acceptors (Lipinski definition) is 4. The Morgan fingerprint density at radius 2 is 1.52 bits per heavy atom. The molecule has 4 nitrogen and oxygen atoms in total. The van der Waals surface area contributed by atoms with Crippen molar-refractivity contribution in [1.82, 2.24) is 4.90 Å². The maximum Gasteiger partial charge on any atom is 0.138 e. The van der Waals surface area contributed by atoms with Gasteiger partial charge in [-0.1, -0.05) is 39.5 Å². The van der Waals surface area contributed by atoms with Gasteiger partial charge in [0.1, 0.15) is 5.78 Å². The number of hydrogen-bond donors (Lipinski definition) is 0. The monoisotopic (exact) mass is 355 g/mol. The molecule has 0 unspecified atom stereocenters. The minimum absolute atomic E-state index is 0.248. The molecule has 1 saturated carbocycles. The van der Waals surface area contributed by atoms with E-state index in [1.54, 1.807) is 0 Å². The van der Waals surface area contributed by atoms with E-state index in [4.69, 9.17) is 9.47 Å². The predicted octanol–water partition coefficient (Wildman–Crippen LogP) is 4.32. The fourth-order valence-electron chi connectivity index (χ4n) is 3.60. The van der Waals surface area contributed by atoms with E-state index in [-0.39, 0.29) is 5.92 Å². The molecule has 2 fully saturated rings. The number of Topliss-reactive ketones (excluding diaryl/α,β-unsaturated/α-hetero) is 1. The minimum atomic E-state index is 0.248. The van der Waals surface area contributed by atoms with Gasteiger partial charge in [-0.3, -0.25) is 4.79 Å². The molecular formula is C21H41NO3. The zero-order valence-corrected chi connectivity index (χ0v) is 16.9. The standard InChI is InChI=1S/C11H23NO2.C10H18O/c1-2-13-10-11-14-9-8-12-6-4-3-5-7-12;1-8(2)10(11)9-6-4-3-5-7-9/h2-11H2,1H3;8-9H,3-7H2,1-2H3. The van der Waals surface area contributed by atoms with E-state index in [0.29, 0.717) is 11.7 Å². The highest BCUT2D eigenvalue weighted by atomic mass is 16.5. The first-order valence-corrected chi connectivity index (χ1v) is 10.6. The lowest BCUT2D eigenvalue weighted by Crippen LogP contribution is -2.32. The van der Waals surface area contributed by atoms with Gasteiger partial charge in [0.05, 0.1) is 19.8 Å². The first-order valence-electron chi connectivity index (χ1n) is 10.6. The van der Waals surface area contributed by atoms with Crippen molar-refractivity contribution in [2.24, 2.45) is 11.8 Å². The third-order valence-electron chi connectivity index (χ3n) is 5.15.